The SMILES string of the molecule is CC(=O)N1CCN(C(C(=O)NCC(=O)O)C(C)C)CC1. The van der Waals surface area contributed by atoms with Gasteiger partial charge < -0.3 is 15.3 Å². The number of hydrogen-bond donors (Lipinski definition) is 2. The molecule has 0 saturated carbocycles. The zero-order chi connectivity index (χ0) is 15.3. The molecule has 0 aromatic heterocycles. The van der Waals surface area contributed by atoms with Crippen molar-refractivity contribution in [2.45, 2.75) is 26.8 Å². The Hall–Kier alpha value is -1.63. The first kappa shape index (κ1) is 16.4. The minimum atomic E-state index is -1.05. The summed E-state index contributed by atoms with van der Waals surface area (Å²) in [5.41, 5.74) is 0. The van der Waals surface area contributed by atoms with E-state index in [0.717, 1.165) is 0 Å². The van der Waals surface area contributed by atoms with Gasteiger partial charge in [0.05, 0.1) is 6.04 Å². The molecule has 1 atom stereocenters. The molecule has 20 heavy (non-hydrogen) atoms. The second-order valence-electron chi connectivity index (χ2n) is 5.34. The van der Waals surface area contributed by atoms with Crippen LogP contribution in [-0.4, -0.2) is 71.5 Å². The lowest BCUT2D eigenvalue weighted by atomic mass is 10.0. The molecule has 0 bridgehead atoms. The van der Waals surface area contributed by atoms with Crippen LogP contribution in [-0.2, 0) is 14.4 Å². The van der Waals surface area contributed by atoms with Gasteiger partial charge in [-0.2, -0.15) is 0 Å². The molecule has 2 N–H and O–H groups in total. The summed E-state index contributed by atoms with van der Waals surface area (Å²) >= 11 is 0. The average Bonchev–Trinajstić information content (AvgIpc) is 2.36. The van der Waals surface area contributed by atoms with E-state index in [1.54, 1.807) is 4.90 Å². The predicted octanol–water partition coefficient (Wildman–Crippen LogP) is -0.624. The van der Waals surface area contributed by atoms with Crippen LogP contribution in [0.1, 0.15) is 20.8 Å². The van der Waals surface area contributed by atoms with Gasteiger partial charge in [0, 0.05) is 33.1 Å². The Morgan fingerprint density at radius 3 is 2.10 bits per heavy atom. The molecule has 0 radical (unpaired) electrons. The van der Waals surface area contributed by atoms with Gasteiger partial charge in [-0.05, 0) is 5.92 Å². The predicted molar refractivity (Wildman–Crippen MR) is 73.1 cm³/mol. The molecule has 114 valence electrons. The van der Waals surface area contributed by atoms with Crippen molar-refractivity contribution in [3.63, 3.8) is 0 Å². The lowest BCUT2D eigenvalue weighted by Crippen LogP contribution is -2.57. The smallest absolute Gasteiger partial charge is 0.322 e. The van der Waals surface area contributed by atoms with Crippen LogP contribution in [0.5, 0.6) is 0 Å². The van der Waals surface area contributed by atoms with E-state index >= 15 is 0 Å². The minimum absolute atomic E-state index is 0.0427. The van der Waals surface area contributed by atoms with Crippen LogP contribution < -0.4 is 5.32 Å². The average molecular weight is 285 g/mol. The first-order valence-electron chi connectivity index (χ1n) is 6.82. The highest BCUT2D eigenvalue weighted by atomic mass is 16.4. The third-order valence-electron chi connectivity index (χ3n) is 3.47. The van der Waals surface area contributed by atoms with Crippen LogP contribution in [0.3, 0.4) is 0 Å². The van der Waals surface area contributed by atoms with Crippen molar-refractivity contribution in [3.8, 4) is 0 Å². The first-order chi connectivity index (χ1) is 9.32. The number of carboxylic acid groups (broad SMARTS) is 1. The fourth-order valence-electron chi connectivity index (χ4n) is 2.47. The number of amides is 2. The number of carbonyl (C=O) groups excluding carboxylic acids is 2. The Bertz CT molecular complexity index is 376. The largest absolute Gasteiger partial charge is 0.480 e. The fraction of sp³-hybridized carbons (Fsp3) is 0.769. The molecule has 1 saturated heterocycles. The van der Waals surface area contributed by atoms with Crippen LogP contribution in [0, 0.1) is 5.92 Å². The van der Waals surface area contributed by atoms with Gasteiger partial charge in [0.1, 0.15) is 6.54 Å². The topological polar surface area (TPSA) is 90.0 Å². The van der Waals surface area contributed by atoms with E-state index in [2.05, 4.69) is 5.32 Å². The molecule has 1 heterocycles. The summed E-state index contributed by atoms with van der Waals surface area (Å²) in [5.74, 6) is -1.20. The molecule has 0 aromatic rings. The molecule has 7 heteroatoms. The summed E-state index contributed by atoms with van der Waals surface area (Å²) in [5, 5.41) is 11.1. The maximum atomic E-state index is 12.1. The normalized spacial score (nSPS) is 17.9. The molecule has 0 spiro atoms. The van der Waals surface area contributed by atoms with Crippen molar-refractivity contribution in [2.24, 2.45) is 5.92 Å². The maximum absolute atomic E-state index is 12.1. The summed E-state index contributed by atoms with van der Waals surface area (Å²) < 4.78 is 0. The fourth-order valence-corrected chi connectivity index (χ4v) is 2.47. The Morgan fingerprint density at radius 2 is 1.70 bits per heavy atom. The Kier molecular flexibility index (Phi) is 5.94. The number of piperazine rings is 1. The molecule has 0 aliphatic carbocycles. The zero-order valence-corrected chi connectivity index (χ0v) is 12.3. The van der Waals surface area contributed by atoms with Crippen LogP contribution >= 0.6 is 0 Å². The number of nitrogens with one attached hydrogen (secondary N) is 1. The van der Waals surface area contributed by atoms with E-state index in [9.17, 15) is 14.4 Å². The number of carboxylic acids is 1. The molecule has 2 amide bonds. The van der Waals surface area contributed by atoms with E-state index in [1.807, 2.05) is 18.7 Å². The van der Waals surface area contributed by atoms with E-state index in [0.29, 0.717) is 26.2 Å². The Morgan fingerprint density at radius 1 is 1.15 bits per heavy atom. The Balaban J connectivity index is 2.61. The second-order valence-corrected chi connectivity index (χ2v) is 5.34. The standard InChI is InChI=1S/C13H23N3O4/c1-9(2)12(13(20)14-8-11(18)19)16-6-4-15(5-7-16)10(3)17/h9,12H,4-8H2,1-3H3,(H,14,20)(H,18,19). The Labute approximate surface area is 118 Å². The number of aliphatic carboxylic acids is 1. The van der Waals surface area contributed by atoms with Gasteiger partial charge >= 0.3 is 5.97 Å². The van der Waals surface area contributed by atoms with Crippen LogP contribution in [0.15, 0.2) is 0 Å². The lowest BCUT2D eigenvalue weighted by molar-refractivity contribution is -0.140. The highest BCUT2D eigenvalue weighted by Gasteiger charge is 2.31. The van der Waals surface area contributed by atoms with Crippen molar-refractivity contribution in [1.82, 2.24) is 15.1 Å². The highest BCUT2D eigenvalue weighted by molar-refractivity contribution is 5.85. The molecular formula is C13H23N3O4. The number of rotatable bonds is 5. The molecule has 0 aromatic carbocycles. The quantitative estimate of drug-likeness (QED) is 0.702. The summed E-state index contributed by atoms with van der Waals surface area (Å²) in [4.78, 5) is 37.7. The second kappa shape index (κ2) is 7.23. The minimum Gasteiger partial charge on any atom is -0.480 e. The monoisotopic (exact) mass is 285 g/mol. The van der Waals surface area contributed by atoms with Gasteiger partial charge in [-0.25, -0.2) is 0 Å². The summed E-state index contributed by atoms with van der Waals surface area (Å²) in [6.45, 7) is 7.50. The van der Waals surface area contributed by atoms with E-state index in [4.69, 9.17) is 5.11 Å². The van der Waals surface area contributed by atoms with E-state index in [1.165, 1.54) is 6.92 Å². The number of carbonyl (C=O) groups is 3. The van der Waals surface area contributed by atoms with Crippen LogP contribution in [0.2, 0.25) is 0 Å². The van der Waals surface area contributed by atoms with E-state index < -0.39 is 5.97 Å². The number of nitrogens with zero attached hydrogens (tertiary/aromatic N) is 2. The molecular weight excluding hydrogens is 262 g/mol. The van der Waals surface area contributed by atoms with Crippen molar-refractivity contribution in [1.29, 1.82) is 0 Å². The van der Waals surface area contributed by atoms with Crippen molar-refractivity contribution in [3.05, 3.63) is 0 Å². The van der Waals surface area contributed by atoms with Gasteiger partial charge in [-0.1, -0.05) is 13.8 Å². The summed E-state index contributed by atoms with van der Waals surface area (Å²) in [7, 11) is 0. The first-order valence-corrected chi connectivity index (χ1v) is 6.82. The summed E-state index contributed by atoms with van der Waals surface area (Å²) in [6.07, 6.45) is 0. The van der Waals surface area contributed by atoms with Gasteiger partial charge in [0.15, 0.2) is 0 Å². The number of hydrogen-bond acceptors (Lipinski definition) is 4. The van der Waals surface area contributed by atoms with Crippen molar-refractivity contribution in [2.75, 3.05) is 32.7 Å². The van der Waals surface area contributed by atoms with Crippen molar-refractivity contribution < 1.29 is 19.5 Å². The molecule has 1 fully saturated rings. The zero-order valence-electron chi connectivity index (χ0n) is 12.3. The van der Waals surface area contributed by atoms with Crippen LogP contribution in [0.25, 0.3) is 0 Å². The lowest BCUT2D eigenvalue weighted by Gasteiger charge is -2.39. The van der Waals surface area contributed by atoms with Crippen molar-refractivity contribution >= 4 is 17.8 Å². The molecule has 1 aliphatic rings. The van der Waals surface area contributed by atoms with Gasteiger partial charge in [0.25, 0.3) is 0 Å². The van der Waals surface area contributed by atoms with Gasteiger partial charge in [0.2, 0.25) is 11.8 Å². The summed E-state index contributed by atoms with van der Waals surface area (Å²) in [6, 6.07) is -0.358. The maximum Gasteiger partial charge on any atom is 0.322 e. The molecule has 1 aliphatic heterocycles. The van der Waals surface area contributed by atoms with E-state index in [-0.39, 0.29) is 30.3 Å². The van der Waals surface area contributed by atoms with Crippen LogP contribution in [0.4, 0.5) is 0 Å². The highest BCUT2D eigenvalue weighted by Crippen LogP contribution is 2.14. The molecule has 1 unspecified atom stereocenters. The van der Waals surface area contributed by atoms with Gasteiger partial charge in [-0.3, -0.25) is 19.3 Å². The van der Waals surface area contributed by atoms with Gasteiger partial charge in [-0.15, -0.1) is 0 Å². The third-order valence-corrected chi connectivity index (χ3v) is 3.47. The molecule has 7 nitrogen and oxygen atoms in total. The molecule has 1 rings (SSSR count). The third kappa shape index (κ3) is 4.48.